The second kappa shape index (κ2) is 9.75. The molecule has 0 bridgehead atoms. The summed E-state index contributed by atoms with van der Waals surface area (Å²) in [5, 5.41) is 5.91. The Balaban J connectivity index is 1.82. The Morgan fingerprint density at radius 1 is 1.12 bits per heavy atom. The summed E-state index contributed by atoms with van der Waals surface area (Å²) in [5.41, 5.74) is 1.60. The maximum atomic E-state index is 12.1. The van der Waals surface area contributed by atoms with Crippen LogP contribution in [0.5, 0.6) is 0 Å². The summed E-state index contributed by atoms with van der Waals surface area (Å²) >= 11 is 0. The van der Waals surface area contributed by atoms with Gasteiger partial charge in [-0.15, -0.1) is 0 Å². The molecule has 1 aromatic carbocycles. The summed E-state index contributed by atoms with van der Waals surface area (Å²) in [4.78, 5) is 23.3. The number of amides is 2. The molecule has 0 radical (unpaired) electrons. The average molecular weight is 330 g/mol. The number of carbonyl (C=O) groups excluding carboxylic acids is 2. The fourth-order valence-electron chi connectivity index (χ4n) is 2.81. The van der Waals surface area contributed by atoms with Gasteiger partial charge in [-0.2, -0.15) is 0 Å². The quantitative estimate of drug-likeness (QED) is 0.485. The fraction of sp³-hybridized carbons (Fsp3) is 0.474. The van der Waals surface area contributed by atoms with Crippen LogP contribution >= 0.6 is 0 Å². The SMILES string of the molecule is CCOC(=O)/C=C/c1ccc(NC(=O)NC2CCCCCC2)cc1. The zero-order valence-corrected chi connectivity index (χ0v) is 14.2. The van der Waals surface area contributed by atoms with Crippen molar-refractivity contribution in [2.24, 2.45) is 0 Å². The number of benzene rings is 1. The normalized spacial score (nSPS) is 15.7. The number of anilines is 1. The molecule has 24 heavy (non-hydrogen) atoms. The van der Waals surface area contributed by atoms with Gasteiger partial charge < -0.3 is 15.4 Å². The van der Waals surface area contributed by atoms with E-state index in [2.05, 4.69) is 10.6 Å². The van der Waals surface area contributed by atoms with Gasteiger partial charge in [-0.3, -0.25) is 0 Å². The number of esters is 1. The van der Waals surface area contributed by atoms with Crippen LogP contribution in [0, 0.1) is 0 Å². The van der Waals surface area contributed by atoms with E-state index in [-0.39, 0.29) is 18.0 Å². The minimum Gasteiger partial charge on any atom is -0.463 e. The lowest BCUT2D eigenvalue weighted by Gasteiger charge is -2.16. The van der Waals surface area contributed by atoms with Crippen LogP contribution in [-0.4, -0.2) is 24.6 Å². The van der Waals surface area contributed by atoms with Crippen LogP contribution in [0.25, 0.3) is 6.08 Å². The molecule has 2 rings (SSSR count). The van der Waals surface area contributed by atoms with Crippen LogP contribution in [-0.2, 0) is 9.53 Å². The second-order valence-corrected chi connectivity index (χ2v) is 5.99. The predicted octanol–water partition coefficient (Wildman–Crippen LogP) is 4.11. The molecule has 1 aliphatic carbocycles. The zero-order chi connectivity index (χ0) is 17.2. The molecule has 130 valence electrons. The molecule has 1 saturated carbocycles. The van der Waals surface area contributed by atoms with Gasteiger partial charge in [-0.1, -0.05) is 37.8 Å². The van der Waals surface area contributed by atoms with Crippen LogP contribution in [0.2, 0.25) is 0 Å². The van der Waals surface area contributed by atoms with Crippen molar-refractivity contribution in [1.82, 2.24) is 5.32 Å². The summed E-state index contributed by atoms with van der Waals surface area (Å²) in [6, 6.07) is 7.44. The molecule has 5 heteroatoms. The molecule has 0 saturated heterocycles. The van der Waals surface area contributed by atoms with Gasteiger partial charge >= 0.3 is 12.0 Å². The highest BCUT2D eigenvalue weighted by Crippen LogP contribution is 2.17. The van der Waals surface area contributed by atoms with E-state index in [1.54, 1.807) is 13.0 Å². The van der Waals surface area contributed by atoms with Gasteiger partial charge in [0.15, 0.2) is 0 Å². The van der Waals surface area contributed by atoms with Crippen LogP contribution in [0.1, 0.15) is 51.0 Å². The highest BCUT2D eigenvalue weighted by molar-refractivity contribution is 5.90. The largest absolute Gasteiger partial charge is 0.463 e. The van der Waals surface area contributed by atoms with E-state index >= 15 is 0 Å². The Kier molecular flexibility index (Phi) is 7.33. The summed E-state index contributed by atoms with van der Waals surface area (Å²) in [6.45, 7) is 2.13. The van der Waals surface area contributed by atoms with Crippen molar-refractivity contribution in [1.29, 1.82) is 0 Å². The van der Waals surface area contributed by atoms with Gasteiger partial charge in [0.2, 0.25) is 0 Å². The summed E-state index contributed by atoms with van der Waals surface area (Å²) in [7, 11) is 0. The van der Waals surface area contributed by atoms with Crippen LogP contribution < -0.4 is 10.6 Å². The van der Waals surface area contributed by atoms with Crippen molar-refractivity contribution < 1.29 is 14.3 Å². The summed E-state index contributed by atoms with van der Waals surface area (Å²) in [5.74, 6) is -0.359. The van der Waals surface area contributed by atoms with Crippen molar-refractivity contribution in [2.75, 3.05) is 11.9 Å². The summed E-state index contributed by atoms with van der Waals surface area (Å²) in [6.07, 6.45) is 10.1. The van der Waals surface area contributed by atoms with Gasteiger partial charge in [0.25, 0.3) is 0 Å². The van der Waals surface area contributed by atoms with Crippen molar-refractivity contribution in [3.8, 4) is 0 Å². The maximum absolute atomic E-state index is 12.1. The lowest BCUT2D eigenvalue weighted by atomic mass is 10.1. The fourth-order valence-corrected chi connectivity index (χ4v) is 2.81. The van der Waals surface area contributed by atoms with Crippen molar-refractivity contribution in [3.63, 3.8) is 0 Å². The molecule has 1 aromatic rings. The standard InChI is InChI=1S/C19H26N2O3/c1-2-24-18(22)14-11-15-9-12-17(13-10-15)21-19(23)20-16-7-5-3-4-6-8-16/h9-14,16H,2-8H2,1H3,(H2,20,21,23)/b14-11+. The number of ether oxygens (including phenoxy) is 1. The van der Waals surface area contributed by atoms with Crippen molar-refractivity contribution >= 4 is 23.8 Å². The number of urea groups is 1. The van der Waals surface area contributed by atoms with Crippen LogP contribution in [0.15, 0.2) is 30.3 Å². The number of carbonyl (C=O) groups is 2. The van der Waals surface area contributed by atoms with Gasteiger partial charge in [0.05, 0.1) is 6.61 Å². The van der Waals surface area contributed by atoms with E-state index in [9.17, 15) is 9.59 Å². The van der Waals surface area contributed by atoms with Gasteiger partial charge in [0, 0.05) is 17.8 Å². The number of nitrogens with one attached hydrogen (secondary N) is 2. The maximum Gasteiger partial charge on any atom is 0.330 e. The van der Waals surface area contributed by atoms with Gasteiger partial charge in [0.1, 0.15) is 0 Å². The molecule has 0 spiro atoms. The van der Waals surface area contributed by atoms with E-state index < -0.39 is 0 Å². The summed E-state index contributed by atoms with van der Waals surface area (Å²) < 4.78 is 4.83. The number of rotatable bonds is 5. The molecule has 2 N–H and O–H groups in total. The molecule has 2 amide bonds. The molecular formula is C19H26N2O3. The smallest absolute Gasteiger partial charge is 0.330 e. The Morgan fingerprint density at radius 3 is 2.42 bits per heavy atom. The van der Waals surface area contributed by atoms with Gasteiger partial charge in [-0.25, -0.2) is 9.59 Å². The second-order valence-electron chi connectivity index (χ2n) is 5.99. The predicted molar refractivity (Wildman–Crippen MR) is 95.8 cm³/mol. The Morgan fingerprint density at radius 2 is 1.79 bits per heavy atom. The highest BCUT2D eigenvalue weighted by atomic mass is 16.5. The monoisotopic (exact) mass is 330 g/mol. The van der Waals surface area contributed by atoms with Crippen molar-refractivity contribution in [2.45, 2.75) is 51.5 Å². The van der Waals surface area contributed by atoms with E-state index in [4.69, 9.17) is 4.74 Å². The number of hydrogen-bond donors (Lipinski definition) is 2. The Bertz CT molecular complexity index is 558. The van der Waals surface area contributed by atoms with Crippen LogP contribution in [0.4, 0.5) is 10.5 Å². The minimum absolute atomic E-state index is 0.156. The first-order valence-corrected chi connectivity index (χ1v) is 8.70. The highest BCUT2D eigenvalue weighted by Gasteiger charge is 2.14. The molecule has 0 unspecified atom stereocenters. The molecule has 0 atom stereocenters. The third kappa shape index (κ3) is 6.44. The van der Waals surface area contributed by atoms with E-state index in [0.29, 0.717) is 6.61 Å². The average Bonchev–Trinajstić information content (AvgIpc) is 2.83. The zero-order valence-electron chi connectivity index (χ0n) is 14.2. The first kappa shape index (κ1) is 18.0. The number of hydrogen-bond acceptors (Lipinski definition) is 3. The molecule has 1 fully saturated rings. The first-order chi connectivity index (χ1) is 11.7. The molecule has 0 aromatic heterocycles. The van der Waals surface area contributed by atoms with E-state index in [0.717, 1.165) is 24.1 Å². The van der Waals surface area contributed by atoms with E-state index in [1.165, 1.54) is 31.8 Å². The lowest BCUT2D eigenvalue weighted by molar-refractivity contribution is -0.137. The molecular weight excluding hydrogens is 304 g/mol. The molecule has 0 aliphatic heterocycles. The molecule has 0 heterocycles. The van der Waals surface area contributed by atoms with Gasteiger partial charge in [-0.05, 0) is 43.5 Å². The minimum atomic E-state index is -0.359. The third-order valence-corrected chi connectivity index (χ3v) is 4.06. The van der Waals surface area contributed by atoms with Crippen molar-refractivity contribution in [3.05, 3.63) is 35.9 Å². The first-order valence-electron chi connectivity index (χ1n) is 8.70. The Labute approximate surface area is 143 Å². The Hall–Kier alpha value is -2.30. The topological polar surface area (TPSA) is 67.4 Å². The molecule has 5 nitrogen and oxygen atoms in total. The molecule has 1 aliphatic rings. The lowest BCUT2D eigenvalue weighted by Crippen LogP contribution is -2.37. The third-order valence-electron chi connectivity index (χ3n) is 4.06. The van der Waals surface area contributed by atoms with Crippen LogP contribution in [0.3, 0.4) is 0 Å². The van der Waals surface area contributed by atoms with E-state index in [1.807, 2.05) is 24.3 Å².